The average Bonchev–Trinajstić information content (AvgIpc) is 2.23. The zero-order valence-electron chi connectivity index (χ0n) is 9.37. The third kappa shape index (κ3) is 3.81. The molecule has 1 heterocycles. The van der Waals surface area contributed by atoms with E-state index < -0.39 is 0 Å². The van der Waals surface area contributed by atoms with Gasteiger partial charge in [0.1, 0.15) is 6.54 Å². The third-order valence-electron chi connectivity index (χ3n) is 2.28. The minimum atomic E-state index is -0.178. The van der Waals surface area contributed by atoms with Crippen molar-refractivity contribution in [3.63, 3.8) is 0 Å². The van der Waals surface area contributed by atoms with Gasteiger partial charge in [0.2, 0.25) is 5.91 Å². The molecule has 1 atom stereocenters. The topological polar surface area (TPSA) is 51.1 Å². The van der Waals surface area contributed by atoms with Crippen LogP contribution in [-0.2, 0) is 11.3 Å². The summed E-state index contributed by atoms with van der Waals surface area (Å²) in [5.74, 6) is -0.144. The zero-order valence-corrected chi connectivity index (χ0v) is 11.0. The van der Waals surface area contributed by atoms with Gasteiger partial charge in [-0.25, -0.2) is 0 Å². The first kappa shape index (κ1) is 13.0. The van der Waals surface area contributed by atoms with Crippen LogP contribution in [0.2, 0.25) is 0 Å². The predicted molar refractivity (Wildman–Crippen MR) is 66.3 cm³/mol. The molecule has 0 spiro atoms. The smallest absolute Gasteiger partial charge is 0.251 e. The highest BCUT2D eigenvalue weighted by Crippen LogP contribution is 2.04. The molecule has 0 radical (unpaired) electrons. The van der Waals surface area contributed by atoms with Crippen molar-refractivity contribution in [1.82, 2.24) is 9.88 Å². The largest absolute Gasteiger partial charge is 0.352 e. The second-order valence-electron chi connectivity index (χ2n) is 3.69. The number of rotatable bonds is 4. The minimum Gasteiger partial charge on any atom is -0.352 e. The van der Waals surface area contributed by atoms with Crippen LogP contribution in [-0.4, -0.2) is 16.5 Å². The summed E-state index contributed by atoms with van der Waals surface area (Å²) in [6, 6.07) is 3.22. The standard InChI is InChI=1S/C11H15BrN2O2/c1-3-8(2)13-10(15)7-14-6-9(12)4-5-11(14)16/h4-6,8H,3,7H2,1-2H3,(H,13,15)/t8-/m0/s1. The van der Waals surface area contributed by atoms with Crippen LogP contribution >= 0.6 is 15.9 Å². The van der Waals surface area contributed by atoms with Crippen LogP contribution in [0.4, 0.5) is 0 Å². The van der Waals surface area contributed by atoms with E-state index in [0.717, 1.165) is 10.9 Å². The number of halogens is 1. The Hall–Kier alpha value is -1.10. The van der Waals surface area contributed by atoms with Crippen LogP contribution in [0.25, 0.3) is 0 Å². The van der Waals surface area contributed by atoms with Crippen LogP contribution < -0.4 is 10.9 Å². The van der Waals surface area contributed by atoms with Gasteiger partial charge in [0.05, 0.1) is 0 Å². The molecular formula is C11H15BrN2O2. The SMILES string of the molecule is CC[C@H](C)NC(=O)Cn1cc(Br)ccc1=O. The lowest BCUT2D eigenvalue weighted by molar-refractivity contribution is -0.122. The first-order valence-corrected chi connectivity index (χ1v) is 5.97. The summed E-state index contributed by atoms with van der Waals surface area (Å²) in [4.78, 5) is 23.0. The van der Waals surface area contributed by atoms with Crippen LogP contribution in [0.1, 0.15) is 20.3 Å². The third-order valence-corrected chi connectivity index (χ3v) is 2.75. The maximum Gasteiger partial charge on any atom is 0.251 e. The van der Waals surface area contributed by atoms with E-state index in [0.29, 0.717) is 0 Å². The van der Waals surface area contributed by atoms with Gasteiger partial charge in [0, 0.05) is 22.8 Å². The van der Waals surface area contributed by atoms with Crippen molar-refractivity contribution in [1.29, 1.82) is 0 Å². The number of amides is 1. The van der Waals surface area contributed by atoms with E-state index in [1.165, 1.54) is 10.6 Å². The molecule has 0 aromatic carbocycles. The quantitative estimate of drug-likeness (QED) is 0.913. The number of aromatic nitrogens is 1. The molecule has 0 aliphatic heterocycles. The summed E-state index contributed by atoms with van der Waals surface area (Å²) < 4.78 is 2.16. The van der Waals surface area contributed by atoms with E-state index in [1.807, 2.05) is 13.8 Å². The molecular weight excluding hydrogens is 272 g/mol. The Balaban J connectivity index is 2.69. The lowest BCUT2D eigenvalue weighted by atomic mass is 10.2. The molecule has 0 saturated heterocycles. The van der Waals surface area contributed by atoms with Crippen LogP contribution in [0, 0.1) is 0 Å². The van der Waals surface area contributed by atoms with Crippen molar-refractivity contribution in [3.8, 4) is 0 Å². The predicted octanol–water partition coefficient (Wildman–Crippen LogP) is 1.53. The van der Waals surface area contributed by atoms with Crippen molar-refractivity contribution in [3.05, 3.63) is 33.2 Å². The van der Waals surface area contributed by atoms with E-state index >= 15 is 0 Å². The fraction of sp³-hybridized carbons (Fsp3) is 0.455. The summed E-state index contributed by atoms with van der Waals surface area (Å²) in [5, 5.41) is 2.81. The molecule has 5 heteroatoms. The van der Waals surface area contributed by atoms with Gasteiger partial charge in [-0.1, -0.05) is 6.92 Å². The molecule has 1 N–H and O–H groups in total. The second-order valence-corrected chi connectivity index (χ2v) is 4.61. The van der Waals surface area contributed by atoms with Gasteiger partial charge < -0.3 is 9.88 Å². The Labute approximate surface area is 103 Å². The highest BCUT2D eigenvalue weighted by atomic mass is 79.9. The van der Waals surface area contributed by atoms with Gasteiger partial charge in [-0.05, 0) is 35.3 Å². The number of hydrogen-bond donors (Lipinski definition) is 1. The van der Waals surface area contributed by atoms with Crippen molar-refractivity contribution in [2.75, 3.05) is 0 Å². The summed E-state index contributed by atoms with van der Waals surface area (Å²) >= 11 is 3.26. The molecule has 1 amide bonds. The van der Waals surface area contributed by atoms with Crippen LogP contribution in [0.15, 0.2) is 27.6 Å². The summed E-state index contributed by atoms with van der Waals surface area (Å²) in [6.07, 6.45) is 2.48. The number of hydrogen-bond acceptors (Lipinski definition) is 2. The van der Waals surface area contributed by atoms with Gasteiger partial charge in [-0.15, -0.1) is 0 Å². The van der Waals surface area contributed by atoms with Gasteiger partial charge in [0.25, 0.3) is 5.56 Å². The number of nitrogens with zero attached hydrogens (tertiary/aromatic N) is 1. The van der Waals surface area contributed by atoms with Crippen LogP contribution in [0.3, 0.4) is 0 Å². The normalized spacial score (nSPS) is 12.2. The Morgan fingerprint density at radius 1 is 1.56 bits per heavy atom. The number of carbonyl (C=O) groups excluding carboxylic acids is 1. The monoisotopic (exact) mass is 286 g/mol. The average molecular weight is 287 g/mol. The summed E-state index contributed by atoms with van der Waals surface area (Å²) in [7, 11) is 0. The number of pyridine rings is 1. The molecule has 0 aliphatic carbocycles. The first-order valence-electron chi connectivity index (χ1n) is 5.18. The summed E-state index contributed by atoms with van der Waals surface area (Å²) in [5.41, 5.74) is -0.178. The van der Waals surface area contributed by atoms with E-state index in [2.05, 4.69) is 21.2 Å². The van der Waals surface area contributed by atoms with Gasteiger partial charge in [-0.3, -0.25) is 9.59 Å². The molecule has 0 aliphatic rings. The van der Waals surface area contributed by atoms with Gasteiger partial charge >= 0.3 is 0 Å². The molecule has 4 nitrogen and oxygen atoms in total. The Morgan fingerprint density at radius 3 is 2.88 bits per heavy atom. The fourth-order valence-corrected chi connectivity index (χ4v) is 1.58. The maximum absolute atomic E-state index is 11.6. The Morgan fingerprint density at radius 2 is 2.25 bits per heavy atom. The number of nitrogens with one attached hydrogen (secondary N) is 1. The zero-order chi connectivity index (χ0) is 12.1. The fourth-order valence-electron chi connectivity index (χ4n) is 1.20. The molecule has 1 rings (SSSR count). The molecule has 0 unspecified atom stereocenters. The highest BCUT2D eigenvalue weighted by molar-refractivity contribution is 9.10. The second kappa shape index (κ2) is 5.84. The van der Waals surface area contributed by atoms with Gasteiger partial charge in [-0.2, -0.15) is 0 Å². The molecule has 16 heavy (non-hydrogen) atoms. The van der Waals surface area contributed by atoms with Crippen molar-refractivity contribution >= 4 is 21.8 Å². The molecule has 1 aromatic heterocycles. The number of carbonyl (C=O) groups is 1. The molecule has 1 aromatic rings. The van der Waals surface area contributed by atoms with E-state index in [-0.39, 0.29) is 24.1 Å². The van der Waals surface area contributed by atoms with E-state index in [4.69, 9.17) is 0 Å². The Kier molecular flexibility index (Phi) is 4.73. The molecule has 0 bridgehead atoms. The lowest BCUT2D eigenvalue weighted by Crippen LogP contribution is -2.36. The van der Waals surface area contributed by atoms with Crippen LogP contribution in [0.5, 0.6) is 0 Å². The van der Waals surface area contributed by atoms with Crippen molar-refractivity contribution < 1.29 is 4.79 Å². The first-order chi connectivity index (χ1) is 7.52. The summed E-state index contributed by atoms with van der Waals surface area (Å²) in [6.45, 7) is 3.99. The van der Waals surface area contributed by atoms with E-state index in [1.54, 1.807) is 12.3 Å². The highest BCUT2D eigenvalue weighted by Gasteiger charge is 2.07. The molecule has 0 fully saturated rings. The van der Waals surface area contributed by atoms with Crippen molar-refractivity contribution in [2.24, 2.45) is 0 Å². The van der Waals surface area contributed by atoms with Crippen molar-refractivity contribution in [2.45, 2.75) is 32.9 Å². The molecule has 0 saturated carbocycles. The minimum absolute atomic E-state index is 0.0581. The maximum atomic E-state index is 11.6. The van der Waals surface area contributed by atoms with Gasteiger partial charge in [0.15, 0.2) is 0 Å². The van der Waals surface area contributed by atoms with E-state index in [9.17, 15) is 9.59 Å². The Bertz CT molecular complexity index is 428. The lowest BCUT2D eigenvalue weighted by Gasteiger charge is -2.12. The molecule has 88 valence electrons.